The fraction of sp³-hybridized carbons (Fsp3) is 0.611. The lowest BCUT2D eigenvalue weighted by Gasteiger charge is -2.37. The maximum atomic E-state index is 12.7. The second-order valence-electron chi connectivity index (χ2n) is 6.83. The molecule has 2 rings (SSSR count). The van der Waals surface area contributed by atoms with E-state index in [-0.39, 0.29) is 5.41 Å². The second kappa shape index (κ2) is 7.08. The zero-order chi connectivity index (χ0) is 15.3. The molecule has 0 saturated carbocycles. The third-order valence-electron chi connectivity index (χ3n) is 4.34. The highest BCUT2D eigenvalue weighted by Crippen LogP contribution is 2.27. The minimum atomic E-state index is -0.258. The summed E-state index contributed by atoms with van der Waals surface area (Å²) in [5, 5.41) is 3.39. The Balaban J connectivity index is 1.84. The lowest BCUT2D eigenvalue weighted by atomic mass is 9.84. The molecule has 1 saturated heterocycles. The monoisotopic (exact) mass is 288 g/mol. The van der Waals surface area contributed by atoms with E-state index < -0.39 is 0 Å². The van der Waals surface area contributed by atoms with Gasteiger partial charge in [-0.25, -0.2) is 0 Å². The Kier molecular flexibility index (Phi) is 5.40. The number of rotatable bonds is 5. The van der Waals surface area contributed by atoms with E-state index in [2.05, 4.69) is 50.4 Å². The molecule has 3 nitrogen and oxygen atoms in total. The lowest BCUT2D eigenvalue weighted by molar-refractivity contribution is -0.142. The SMILES string of the molecule is CC1CN(C(=O)C(C)(C)CCCc2ccccc2)CCN1. The fourth-order valence-corrected chi connectivity index (χ4v) is 3.03. The minimum absolute atomic E-state index is 0.258. The highest BCUT2D eigenvalue weighted by atomic mass is 16.2. The molecule has 1 unspecified atom stereocenters. The second-order valence-corrected chi connectivity index (χ2v) is 6.83. The van der Waals surface area contributed by atoms with E-state index in [0.717, 1.165) is 38.9 Å². The smallest absolute Gasteiger partial charge is 0.228 e. The summed E-state index contributed by atoms with van der Waals surface area (Å²) in [6, 6.07) is 10.9. The van der Waals surface area contributed by atoms with E-state index >= 15 is 0 Å². The van der Waals surface area contributed by atoms with Gasteiger partial charge in [0, 0.05) is 31.1 Å². The van der Waals surface area contributed by atoms with E-state index in [9.17, 15) is 4.79 Å². The van der Waals surface area contributed by atoms with E-state index in [4.69, 9.17) is 0 Å². The van der Waals surface area contributed by atoms with Gasteiger partial charge in [0.2, 0.25) is 5.91 Å². The molecule has 1 aliphatic rings. The third-order valence-corrected chi connectivity index (χ3v) is 4.34. The third kappa shape index (κ3) is 4.57. The molecule has 116 valence electrons. The topological polar surface area (TPSA) is 32.3 Å². The molecule has 0 bridgehead atoms. The van der Waals surface area contributed by atoms with Crippen molar-refractivity contribution in [2.75, 3.05) is 19.6 Å². The first-order valence-electron chi connectivity index (χ1n) is 8.06. The van der Waals surface area contributed by atoms with Crippen molar-refractivity contribution in [3.63, 3.8) is 0 Å². The van der Waals surface area contributed by atoms with Crippen molar-refractivity contribution in [1.82, 2.24) is 10.2 Å². The van der Waals surface area contributed by atoms with Crippen LogP contribution in [0, 0.1) is 5.41 Å². The van der Waals surface area contributed by atoms with Gasteiger partial charge in [0.15, 0.2) is 0 Å². The van der Waals surface area contributed by atoms with Crippen LogP contribution in [-0.4, -0.2) is 36.5 Å². The lowest BCUT2D eigenvalue weighted by Crippen LogP contribution is -2.54. The number of hydrogen-bond donors (Lipinski definition) is 1. The van der Waals surface area contributed by atoms with E-state index in [1.165, 1.54) is 5.56 Å². The molecule has 3 heteroatoms. The van der Waals surface area contributed by atoms with Crippen LogP contribution in [-0.2, 0) is 11.2 Å². The molecule has 0 aliphatic carbocycles. The van der Waals surface area contributed by atoms with Gasteiger partial charge in [-0.15, -0.1) is 0 Å². The number of nitrogens with zero attached hydrogens (tertiary/aromatic N) is 1. The molecule has 1 aromatic rings. The Bertz CT molecular complexity index is 456. The van der Waals surface area contributed by atoms with Crippen molar-refractivity contribution >= 4 is 5.91 Å². The fourth-order valence-electron chi connectivity index (χ4n) is 3.03. The van der Waals surface area contributed by atoms with Crippen LogP contribution in [0.2, 0.25) is 0 Å². The molecule has 1 heterocycles. The van der Waals surface area contributed by atoms with E-state index in [0.29, 0.717) is 11.9 Å². The summed E-state index contributed by atoms with van der Waals surface area (Å²) >= 11 is 0. The standard InChI is InChI=1S/C18H28N2O/c1-15-14-20(13-12-19-15)17(21)18(2,3)11-7-10-16-8-5-4-6-9-16/h4-6,8-9,15,19H,7,10-14H2,1-3H3. The van der Waals surface area contributed by atoms with Crippen molar-refractivity contribution < 1.29 is 4.79 Å². The zero-order valence-corrected chi connectivity index (χ0v) is 13.6. The highest BCUT2D eigenvalue weighted by molar-refractivity contribution is 5.82. The number of amides is 1. The maximum Gasteiger partial charge on any atom is 0.228 e. The molecule has 1 amide bonds. The normalized spacial score (nSPS) is 19.6. The molecule has 21 heavy (non-hydrogen) atoms. The first-order valence-corrected chi connectivity index (χ1v) is 8.06. The van der Waals surface area contributed by atoms with Gasteiger partial charge in [-0.05, 0) is 31.7 Å². The molecule has 1 atom stereocenters. The number of nitrogens with one attached hydrogen (secondary N) is 1. The van der Waals surface area contributed by atoms with Gasteiger partial charge in [-0.1, -0.05) is 44.2 Å². The molecule has 0 aromatic heterocycles. The molecule has 0 radical (unpaired) electrons. The molecule has 0 spiro atoms. The quantitative estimate of drug-likeness (QED) is 0.903. The van der Waals surface area contributed by atoms with Crippen LogP contribution in [0.3, 0.4) is 0 Å². The first-order chi connectivity index (χ1) is 9.99. The Morgan fingerprint density at radius 2 is 2.05 bits per heavy atom. The summed E-state index contributed by atoms with van der Waals surface area (Å²) in [6.45, 7) is 8.90. The van der Waals surface area contributed by atoms with Gasteiger partial charge in [0.1, 0.15) is 0 Å². The minimum Gasteiger partial charge on any atom is -0.339 e. The van der Waals surface area contributed by atoms with E-state index in [1.807, 2.05) is 11.0 Å². The summed E-state index contributed by atoms with van der Waals surface area (Å²) in [5.74, 6) is 0.309. The number of hydrogen-bond acceptors (Lipinski definition) is 2. The van der Waals surface area contributed by atoms with E-state index in [1.54, 1.807) is 0 Å². The van der Waals surface area contributed by atoms with Gasteiger partial charge in [-0.3, -0.25) is 4.79 Å². The van der Waals surface area contributed by atoms with Gasteiger partial charge in [0.05, 0.1) is 0 Å². The molecule has 1 N–H and O–H groups in total. The van der Waals surface area contributed by atoms with Crippen molar-refractivity contribution in [2.45, 2.75) is 46.1 Å². The summed E-state index contributed by atoms with van der Waals surface area (Å²) in [5.41, 5.74) is 1.10. The summed E-state index contributed by atoms with van der Waals surface area (Å²) in [4.78, 5) is 14.7. The molecule has 1 aromatic carbocycles. The number of carbonyl (C=O) groups excluding carboxylic acids is 1. The van der Waals surface area contributed by atoms with Crippen LogP contribution in [0.15, 0.2) is 30.3 Å². The van der Waals surface area contributed by atoms with Crippen LogP contribution < -0.4 is 5.32 Å². The predicted octanol–water partition coefficient (Wildman–Crippen LogP) is 2.86. The summed E-state index contributed by atoms with van der Waals surface area (Å²) in [7, 11) is 0. The van der Waals surface area contributed by atoms with Gasteiger partial charge in [0.25, 0.3) is 0 Å². The van der Waals surface area contributed by atoms with Gasteiger partial charge in [-0.2, -0.15) is 0 Å². The zero-order valence-electron chi connectivity index (χ0n) is 13.6. The Labute approximate surface area is 128 Å². The van der Waals surface area contributed by atoms with Crippen molar-refractivity contribution in [3.05, 3.63) is 35.9 Å². The largest absolute Gasteiger partial charge is 0.339 e. The van der Waals surface area contributed by atoms with Crippen LogP contribution in [0.25, 0.3) is 0 Å². The highest BCUT2D eigenvalue weighted by Gasteiger charge is 2.33. The molecule has 1 fully saturated rings. The van der Waals surface area contributed by atoms with Crippen molar-refractivity contribution in [1.29, 1.82) is 0 Å². The number of piperazine rings is 1. The first kappa shape index (κ1) is 16.0. The van der Waals surface area contributed by atoms with Gasteiger partial charge < -0.3 is 10.2 Å². The van der Waals surface area contributed by atoms with Crippen LogP contribution >= 0.6 is 0 Å². The van der Waals surface area contributed by atoms with Crippen LogP contribution in [0.5, 0.6) is 0 Å². The summed E-state index contributed by atoms with van der Waals surface area (Å²) in [6.07, 6.45) is 3.05. The molecule has 1 aliphatic heterocycles. The Morgan fingerprint density at radius 3 is 2.71 bits per heavy atom. The van der Waals surface area contributed by atoms with Crippen molar-refractivity contribution in [2.24, 2.45) is 5.41 Å². The Morgan fingerprint density at radius 1 is 1.33 bits per heavy atom. The Hall–Kier alpha value is -1.35. The number of benzene rings is 1. The molecular weight excluding hydrogens is 260 g/mol. The summed E-state index contributed by atoms with van der Waals surface area (Å²) < 4.78 is 0. The molecular formula is C18H28N2O. The maximum absolute atomic E-state index is 12.7. The van der Waals surface area contributed by atoms with Crippen LogP contribution in [0.1, 0.15) is 39.2 Å². The van der Waals surface area contributed by atoms with Gasteiger partial charge >= 0.3 is 0 Å². The number of carbonyl (C=O) groups is 1. The predicted molar refractivity (Wildman–Crippen MR) is 87.2 cm³/mol. The van der Waals surface area contributed by atoms with Crippen molar-refractivity contribution in [3.8, 4) is 0 Å². The number of aryl methyl sites for hydroxylation is 1. The average molecular weight is 288 g/mol. The average Bonchev–Trinajstić information content (AvgIpc) is 2.47. The van der Waals surface area contributed by atoms with Crippen LogP contribution in [0.4, 0.5) is 0 Å².